The van der Waals surface area contributed by atoms with E-state index in [-0.39, 0.29) is 17.1 Å². The van der Waals surface area contributed by atoms with E-state index in [4.69, 9.17) is 4.74 Å². The van der Waals surface area contributed by atoms with Crippen LogP contribution in [0.3, 0.4) is 0 Å². The highest BCUT2D eigenvalue weighted by molar-refractivity contribution is 8.00. The fourth-order valence-electron chi connectivity index (χ4n) is 2.79. The molecule has 0 aliphatic heterocycles. The van der Waals surface area contributed by atoms with Crippen molar-refractivity contribution in [3.63, 3.8) is 0 Å². The lowest BCUT2D eigenvalue weighted by Gasteiger charge is -2.20. The molecule has 6 nitrogen and oxygen atoms in total. The zero-order valence-corrected chi connectivity index (χ0v) is 17.0. The van der Waals surface area contributed by atoms with Gasteiger partial charge in [0.1, 0.15) is 12.1 Å². The molecule has 146 valence electrons. The van der Waals surface area contributed by atoms with Crippen molar-refractivity contribution < 1.29 is 9.53 Å². The van der Waals surface area contributed by atoms with Crippen LogP contribution in [-0.2, 0) is 11.3 Å². The van der Waals surface area contributed by atoms with Crippen molar-refractivity contribution in [1.82, 2.24) is 20.1 Å². The van der Waals surface area contributed by atoms with Crippen LogP contribution in [0.15, 0.2) is 66.1 Å². The first-order chi connectivity index (χ1) is 13.6. The Kier molecular flexibility index (Phi) is 6.71. The number of carbonyl (C=O) groups excluding carboxylic acids is 1. The average Bonchev–Trinajstić information content (AvgIpc) is 3.18. The third-order valence-corrected chi connectivity index (χ3v) is 5.77. The van der Waals surface area contributed by atoms with Gasteiger partial charge in [-0.05, 0) is 23.6 Å². The summed E-state index contributed by atoms with van der Waals surface area (Å²) in [6.45, 7) is 4.57. The predicted molar refractivity (Wildman–Crippen MR) is 111 cm³/mol. The number of aromatic nitrogens is 3. The first kappa shape index (κ1) is 19.9. The zero-order chi connectivity index (χ0) is 19.9. The maximum Gasteiger partial charge on any atom is 0.234 e. The molecular weight excluding hydrogens is 372 g/mol. The van der Waals surface area contributed by atoms with Crippen molar-refractivity contribution in [3.05, 3.63) is 66.5 Å². The first-order valence-corrected chi connectivity index (χ1v) is 10.00. The number of benzene rings is 2. The normalized spacial score (nSPS) is 12.0. The molecule has 0 spiro atoms. The summed E-state index contributed by atoms with van der Waals surface area (Å²) >= 11 is 1.41. The minimum absolute atomic E-state index is 0.0153. The molecule has 7 heteroatoms. The minimum atomic E-state index is -0.290. The highest BCUT2D eigenvalue weighted by Crippen LogP contribution is 2.31. The Morgan fingerprint density at radius 1 is 1.14 bits per heavy atom. The SMILES string of the molecule is COc1ccccc1-n1cnnc1SC(C(=O)NCc1ccccc1)C(C)C. The van der Waals surface area contributed by atoms with Crippen LogP contribution in [0.2, 0.25) is 0 Å². The summed E-state index contributed by atoms with van der Waals surface area (Å²) in [5.41, 5.74) is 1.91. The third-order valence-electron chi connectivity index (χ3n) is 4.27. The molecule has 0 saturated carbocycles. The van der Waals surface area contributed by atoms with E-state index < -0.39 is 0 Å². The predicted octanol–water partition coefficient (Wildman–Crippen LogP) is 3.71. The lowest BCUT2D eigenvalue weighted by Crippen LogP contribution is -2.35. The number of hydrogen-bond acceptors (Lipinski definition) is 5. The molecule has 1 heterocycles. The van der Waals surface area contributed by atoms with Crippen LogP contribution in [0.5, 0.6) is 5.75 Å². The Balaban J connectivity index is 1.76. The number of rotatable bonds is 8. The second kappa shape index (κ2) is 9.41. The zero-order valence-electron chi connectivity index (χ0n) is 16.2. The van der Waals surface area contributed by atoms with Gasteiger partial charge in [-0.2, -0.15) is 0 Å². The summed E-state index contributed by atoms with van der Waals surface area (Å²) in [5.74, 6) is 0.834. The Morgan fingerprint density at radius 2 is 1.86 bits per heavy atom. The minimum Gasteiger partial charge on any atom is -0.495 e. The van der Waals surface area contributed by atoms with Gasteiger partial charge in [-0.1, -0.05) is 68.1 Å². The summed E-state index contributed by atoms with van der Waals surface area (Å²) in [6, 6.07) is 17.5. The molecule has 1 atom stereocenters. The van der Waals surface area contributed by atoms with Crippen LogP contribution >= 0.6 is 11.8 Å². The molecule has 28 heavy (non-hydrogen) atoms. The van der Waals surface area contributed by atoms with Crippen molar-refractivity contribution in [2.45, 2.75) is 30.8 Å². The number of carbonyl (C=O) groups is 1. The quantitative estimate of drug-likeness (QED) is 0.588. The molecule has 2 aromatic carbocycles. The van der Waals surface area contributed by atoms with E-state index in [1.165, 1.54) is 11.8 Å². The largest absolute Gasteiger partial charge is 0.495 e. The fourth-order valence-corrected chi connectivity index (χ4v) is 3.83. The first-order valence-electron chi connectivity index (χ1n) is 9.12. The van der Waals surface area contributed by atoms with Crippen molar-refractivity contribution in [2.24, 2.45) is 5.92 Å². The van der Waals surface area contributed by atoms with Gasteiger partial charge in [-0.15, -0.1) is 10.2 Å². The molecule has 1 unspecified atom stereocenters. The number of hydrogen-bond donors (Lipinski definition) is 1. The van der Waals surface area contributed by atoms with Gasteiger partial charge >= 0.3 is 0 Å². The third kappa shape index (κ3) is 4.72. The molecule has 0 aliphatic rings. The summed E-state index contributed by atoms with van der Waals surface area (Å²) in [6.07, 6.45) is 1.64. The van der Waals surface area contributed by atoms with E-state index in [0.717, 1.165) is 17.0 Å². The van der Waals surface area contributed by atoms with Crippen LogP contribution in [0.1, 0.15) is 19.4 Å². The lowest BCUT2D eigenvalue weighted by atomic mass is 10.1. The molecule has 3 aromatic rings. The van der Waals surface area contributed by atoms with Gasteiger partial charge in [0.05, 0.1) is 18.0 Å². The molecule has 0 aliphatic carbocycles. The smallest absolute Gasteiger partial charge is 0.234 e. The maximum absolute atomic E-state index is 12.8. The number of ether oxygens (including phenoxy) is 1. The molecule has 0 radical (unpaired) electrons. The van der Waals surface area contributed by atoms with Crippen LogP contribution in [0.4, 0.5) is 0 Å². The number of amides is 1. The summed E-state index contributed by atoms with van der Waals surface area (Å²) in [7, 11) is 1.63. The molecule has 1 amide bonds. The maximum atomic E-state index is 12.8. The monoisotopic (exact) mass is 396 g/mol. The molecule has 0 bridgehead atoms. The van der Waals surface area contributed by atoms with Crippen molar-refractivity contribution >= 4 is 17.7 Å². The summed E-state index contributed by atoms with van der Waals surface area (Å²) in [5, 5.41) is 11.7. The van der Waals surface area contributed by atoms with E-state index in [1.54, 1.807) is 13.4 Å². The molecule has 0 saturated heterocycles. The molecule has 1 N–H and O–H groups in total. The van der Waals surface area contributed by atoms with Crippen molar-refractivity contribution in [3.8, 4) is 11.4 Å². The van der Waals surface area contributed by atoms with Gasteiger partial charge in [0.25, 0.3) is 0 Å². The molecule has 0 fully saturated rings. The van der Waals surface area contributed by atoms with Gasteiger partial charge in [-0.25, -0.2) is 0 Å². The molecular formula is C21H24N4O2S. The van der Waals surface area contributed by atoms with Gasteiger partial charge in [0, 0.05) is 6.54 Å². The van der Waals surface area contributed by atoms with Gasteiger partial charge in [-0.3, -0.25) is 9.36 Å². The average molecular weight is 397 g/mol. The van der Waals surface area contributed by atoms with E-state index in [9.17, 15) is 4.79 Å². The van der Waals surface area contributed by atoms with Crippen molar-refractivity contribution in [1.29, 1.82) is 0 Å². The van der Waals surface area contributed by atoms with E-state index in [2.05, 4.69) is 15.5 Å². The number of methoxy groups -OCH3 is 1. The Hall–Kier alpha value is -2.80. The number of thioether (sulfide) groups is 1. The topological polar surface area (TPSA) is 69.0 Å². The Morgan fingerprint density at radius 3 is 2.57 bits per heavy atom. The summed E-state index contributed by atoms with van der Waals surface area (Å²) < 4.78 is 7.30. The highest BCUT2D eigenvalue weighted by Gasteiger charge is 2.26. The highest BCUT2D eigenvalue weighted by atomic mass is 32.2. The number of nitrogens with one attached hydrogen (secondary N) is 1. The lowest BCUT2D eigenvalue weighted by molar-refractivity contribution is -0.121. The van der Waals surface area contributed by atoms with E-state index in [0.29, 0.717) is 11.7 Å². The van der Waals surface area contributed by atoms with Crippen molar-refractivity contribution in [2.75, 3.05) is 7.11 Å². The van der Waals surface area contributed by atoms with E-state index >= 15 is 0 Å². The molecule has 3 rings (SSSR count). The van der Waals surface area contributed by atoms with E-state index in [1.807, 2.05) is 73.0 Å². The van der Waals surface area contributed by atoms with Crippen LogP contribution < -0.4 is 10.1 Å². The summed E-state index contributed by atoms with van der Waals surface area (Å²) in [4.78, 5) is 12.8. The number of nitrogens with zero attached hydrogens (tertiary/aromatic N) is 3. The number of para-hydroxylation sites is 2. The second-order valence-electron chi connectivity index (χ2n) is 6.64. The van der Waals surface area contributed by atoms with Crippen LogP contribution in [0.25, 0.3) is 5.69 Å². The van der Waals surface area contributed by atoms with Gasteiger partial charge < -0.3 is 10.1 Å². The van der Waals surface area contributed by atoms with Crippen LogP contribution in [0, 0.1) is 5.92 Å². The standard InChI is InChI=1S/C21H24N4O2S/c1-15(2)19(20(26)22-13-16-9-5-4-6-10-16)28-21-24-23-14-25(21)17-11-7-8-12-18(17)27-3/h4-12,14-15,19H,13H2,1-3H3,(H,22,26). The fraction of sp³-hybridized carbons (Fsp3) is 0.286. The Bertz CT molecular complexity index is 912. The van der Waals surface area contributed by atoms with Gasteiger partial charge in [0.2, 0.25) is 5.91 Å². The van der Waals surface area contributed by atoms with Crippen LogP contribution in [-0.4, -0.2) is 33.0 Å². The van der Waals surface area contributed by atoms with Gasteiger partial charge in [0.15, 0.2) is 5.16 Å². The molecule has 1 aromatic heterocycles. The second-order valence-corrected chi connectivity index (χ2v) is 7.75. The Labute approximate surface area is 169 Å².